The van der Waals surface area contributed by atoms with E-state index in [1.165, 1.54) is 12.8 Å². The van der Waals surface area contributed by atoms with Gasteiger partial charge in [0.1, 0.15) is 0 Å². The van der Waals surface area contributed by atoms with Gasteiger partial charge in [-0.1, -0.05) is 6.92 Å². The van der Waals surface area contributed by atoms with E-state index in [0.717, 1.165) is 19.1 Å². The van der Waals surface area contributed by atoms with Crippen LogP contribution in [0.5, 0.6) is 0 Å². The largest absolute Gasteiger partial charge is 0.481 e. The van der Waals surface area contributed by atoms with Crippen molar-refractivity contribution in [2.24, 2.45) is 5.92 Å². The van der Waals surface area contributed by atoms with E-state index in [-0.39, 0.29) is 18.4 Å². The van der Waals surface area contributed by atoms with E-state index in [1.807, 2.05) is 0 Å². The van der Waals surface area contributed by atoms with Crippen LogP contribution in [0, 0.1) is 5.92 Å². The Bertz CT molecular complexity index is 338. The number of likely N-dealkylation sites (N-methyl/N-ethyl adjacent to an activating group) is 1. The number of hydrogen-bond acceptors (Lipinski definition) is 3. The number of urea groups is 1. The molecule has 2 N–H and O–H groups in total. The fourth-order valence-electron chi connectivity index (χ4n) is 2.57. The number of carboxylic acid groups (broad SMARTS) is 1. The fraction of sp³-hybridized carbons (Fsp3) is 0.846. The van der Waals surface area contributed by atoms with E-state index in [0.29, 0.717) is 19.6 Å². The van der Waals surface area contributed by atoms with Crippen LogP contribution >= 0.6 is 0 Å². The third-order valence-corrected chi connectivity index (χ3v) is 3.85. The minimum Gasteiger partial charge on any atom is -0.481 e. The lowest BCUT2D eigenvalue weighted by atomic mass is 9.97. The van der Waals surface area contributed by atoms with Crippen molar-refractivity contribution in [1.29, 1.82) is 0 Å². The molecule has 2 amide bonds. The highest BCUT2D eigenvalue weighted by atomic mass is 16.4. The Kier molecular flexibility index (Phi) is 4.63. The number of aliphatic carboxylic acids is 1. The lowest BCUT2D eigenvalue weighted by Crippen LogP contribution is -2.55. The molecule has 2 rings (SSSR count). The van der Waals surface area contributed by atoms with Crippen molar-refractivity contribution in [3.05, 3.63) is 0 Å². The van der Waals surface area contributed by atoms with E-state index in [1.54, 1.807) is 4.90 Å². The topological polar surface area (TPSA) is 72.9 Å². The van der Waals surface area contributed by atoms with Crippen molar-refractivity contribution in [3.8, 4) is 0 Å². The van der Waals surface area contributed by atoms with Crippen molar-refractivity contribution < 1.29 is 14.7 Å². The molecule has 6 heteroatoms. The van der Waals surface area contributed by atoms with Crippen LogP contribution in [0.1, 0.15) is 26.2 Å². The van der Waals surface area contributed by atoms with Crippen LogP contribution in [0.2, 0.25) is 0 Å². The fourth-order valence-corrected chi connectivity index (χ4v) is 2.57. The maximum absolute atomic E-state index is 11.8. The molecule has 0 aromatic carbocycles. The Morgan fingerprint density at radius 2 is 2.05 bits per heavy atom. The van der Waals surface area contributed by atoms with Crippen LogP contribution in [0.3, 0.4) is 0 Å². The van der Waals surface area contributed by atoms with Crippen LogP contribution in [0.15, 0.2) is 0 Å². The van der Waals surface area contributed by atoms with Gasteiger partial charge in [-0.05, 0) is 19.4 Å². The normalized spacial score (nSPS) is 19.4. The summed E-state index contributed by atoms with van der Waals surface area (Å²) in [6.45, 7) is 5.88. The summed E-state index contributed by atoms with van der Waals surface area (Å²) in [6, 6.07) is 0.666. The molecular weight excluding hydrogens is 246 g/mol. The Labute approximate surface area is 113 Å². The number of carbonyl (C=O) groups is 2. The zero-order valence-corrected chi connectivity index (χ0v) is 11.5. The van der Waals surface area contributed by atoms with Gasteiger partial charge in [-0.3, -0.25) is 9.69 Å². The molecule has 0 atom stereocenters. The van der Waals surface area contributed by atoms with Gasteiger partial charge in [-0.25, -0.2) is 4.79 Å². The number of carboxylic acids is 1. The molecule has 1 aliphatic heterocycles. The standard InChI is InChI=1S/C13H23N3O3/c1-2-15(11-3-4-11)6-5-14-13(19)16-8-10(9-16)7-12(17)18/h10-11H,2-9H2,1H3,(H,14,19)(H,17,18). The number of nitrogens with one attached hydrogen (secondary N) is 1. The number of hydrogen-bond donors (Lipinski definition) is 2. The highest BCUT2D eigenvalue weighted by molar-refractivity contribution is 5.75. The molecule has 1 aliphatic carbocycles. The Hall–Kier alpha value is -1.30. The maximum Gasteiger partial charge on any atom is 0.317 e. The zero-order chi connectivity index (χ0) is 13.8. The van der Waals surface area contributed by atoms with Gasteiger partial charge in [0.05, 0.1) is 6.42 Å². The van der Waals surface area contributed by atoms with Gasteiger partial charge in [0, 0.05) is 38.1 Å². The summed E-state index contributed by atoms with van der Waals surface area (Å²) in [6.07, 6.45) is 2.73. The second kappa shape index (κ2) is 6.23. The van der Waals surface area contributed by atoms with Gasteiger partial charge in [0.25, 0.3) is 0 Å². The average Bonchev–Trinajstić information content (AvgIpc) is 3.12. The van der Waals surface area contributed by atoms with Gasteiger partial charge >= 0.3 is 12.0 Å². The minimum absolute atomic E-state index is 0.0616. The van der Waals surface area contributed by atoms with Gasteiger partial charge in [0.2, 0.25) is 0 Å². The Morgan fingerprint density at radius 1 is 1.37 bits per heavy atom. The molecule has 0 radical (unpaired) electrons. The smallest absolute Gasteiger partial charge is 0.317 e. The van der Waals surface area contributed by atoms with Gasteiger partial charge < -0.3 is 15.3 Å². The van der Waals surface area contributed by atoms with E-state index in [9.17, 15) is 9.59 Å². The number of rotatable bonds is 7. The molecule has 0 bridgehead atoms. The molecule has 19 heavy (non-hydrogen) atoms. The molecule has 0 aromatic heterocycles. The first kappa shape index (κ1) is 14.1. The summed E-state index contributed by atoms with van der Waals surface area (Å²) in [7, 11) is 0. The highest BCUT2D eigenvalue weighted by Gasteiger charge is 2.32. The van der Waals surface area contributed by atoms with Crippen molar-refractivity contribution >= 4 is 12.0 Å². The highest BCUT2D eigenvalue weighted by Crippen LogP contribution is 2.25. The molecule has 0 spiro atoms. The van der Waals surface area contributed by atoms with Gasteiger partial charge in [0.15, 0.2) is 0 Å². The minimum atomic E-state index is -0.784. The van der Waals surface area contributed by atoms with Crippen LogP contribution in [0.25, 0.3) is 0 Å². The monoisotopic (exact) mass is 269 g/mol. The second-order valence-electron chi connectivity index (χ2n) is 5.46. The predicted molar refractivity (Wildman–Crippen MR) is 71.0 cm³/mol. The van der Waals surface area contributed by atoms with E-state index >= 15 is 0 Å². The summed E-state index contributed by atoms with van der Waals surface area (Å²) in [5, 5.41) is 11.5. The van der Waals surface area contributed by atoms with Crippen molar-refractivity contribution in [1.82, 2.24) is 15.1 Å². The predicted octanol–water partition coefficient (Wildman–Crippen LogP) is 0.587. The summed E-state index contributed by atoms with van der Waals surface area (Å²) in [5.41, 5.74) is 0. The summed E-state index contributed by atoms with van der Waals surface area (Å²) in [5.74, 6) is -0.657. The third-order valence-electron chi connectivity index (χ3n) is 3.85. The lowest BCUT2D eigenvalue weighted by Gasteiger charge is -2.38. The van der Waals surface area contributed by atoms with Crippen LogP contribution in [0.4, 0.5) is 4.79 Å². The molecule has 108 valence electrons. The first-order chi connectivity index (χ1) is 9.10. The average molecular weight is 269 g/mol. The molecule has 0 aromatic rings. The SMILES string of the molecule is CCN(CCNC(=O)N1CC(CC(=O)O)C1)C1CC1. The molecule has 1 saturated heterocycles. The first-order valence-corrected chi connectivity index (χ1v) is 7.08. The van der Waals surface area contributed by atoms with Crippen LogP contribution < -0.4 is 5.32 Å². The van der Waals surface area contributed by atoms with Crippen molar-refractivity contribution in [2.75, 3.05) is 32.7 Å². The lowest BCUT2D eigenvalue weighted by molar-refractivity contribution is -0.139. The second-order valence-corrected chi connectivity index (χ2v) is 5.46. The molecule has 2 aliphatic rings. The summed E-state index contributed by atoms with van der Waals surface area (Å²) < 4.78 is 0. The van der Waals surface area contributed by atoms with Crippen molar-refractivity contribution in [2.45, 2.75) is 32.2 Å². The quantitative estimate of drug-likeness (QED) is 0.709. The van der Waals surface area contributed by atoms with Gasteiger partial charge in [-0.2, -0.15) is 0 Å². The number of nitrogens with zero attached hydrogens (tertiary/aromatic N) is 2. The molecule has 1 heterocycles. The maximum atomic E-state index is 11.8. The van der Waals surface area contributed by atoms with E-state index < -0.39 is 5.97 Å². The van der Waals surface area contributed by atoms with Crippen molar-refractivity contribution in [3.63, 3.8) is 0 Å². The zero-order valence-electron chi connectivity index (χ0n) is 11.5. The summed E-state index contributed by atoms with van der Waals surface area (Å²) in [4.78, 5) is 26.3. The molecule has 2 fully saturated rings. The van der Waals surface area contributed by atoms with Crippen LogP contribution in [-0.2, 0) is 4.79 Å². The molecular formula is C13H23N3O3. The number of carbonyl (C=O) groups excluding carboxylic acids is 1. The first-order valence-electron chi connectivity index (χ1n) is 7.08. The van der Waals surface area contributed by atoms with Crippen LogP contribution in [-0.4, -0.2) is 65.7 Å². The van der Waals surface area contributed by atoms with E-state index in [2.05, 4.69) is 17.1 Å². The number of likely N-dealkylation sites (tertiary alicyclic amines) is 1. The van der Waals surface area contributed by atoms with E-state index in [4.69, 9.17) is 5.11 Å². The summed E-state index contributed by atoms with van der Waals surface area (Å²) >= 11 is 0. The third kappa shape index (κ3) is 4.09. The molecule has 6 nitrogen and oxygen atoms in total. The Morgan fingerprint density at radius 3 is 2.58 bits per heavy atom. The molecule has 1 saturated carbocycles. The van der Waals surface area contributed by atoms with Gasteiger partial charge in [-0.15, -0.1) is 0 Å². The number of amides is 2. The Balaban J connectivity index is 1.56. The molecule has 0 unspecified atom stereocenters.